The zero-order valence-corrected chi connectivity index (χ0v) is 14.6. The number of piperidine rings is 1. The highest BCUT2D eigenvalue weighted by Crippen LogP contribution is 2.19. The second-order valence-electron chi connectivity index (χ2n) is 6.82. The molecule has 0 saturated carbocycles. The van der Waals surface area contributed by atoms with Gasteiger partial charge in [-0.15, -0.1) is 0 Å². The van der Waals surface area contributed by atoms with Crippen molar-refractivity contribution in [1.29, 1.82) is 0 Å². The molecule has 7 heteroatoms. The van der Waals surface area contributed by atoms with Crippen molar-refractivity contribution >= 4 is 15.9 Å². The number of rotatable bonds is 6. The molecule has 2 heterocycles. The number of sulfonamides is 1. The van der Waals surface area contributed by atoms with Gasteiger partial charge in [0.1, 0.15) is 0 Å². The summed E-state index contributed by atoms with van der Waals surface area (Å²) in [4.78, 5) is 14.7. The zero-order chi connectivity index (χ0) is 16.2. The first-order valence-electron chi connectivity index (χ1n) is 8.31. The summed E-state index contributed by atoms with van der Waals surface area (Å²) in [5.41, 5.74) is 0. The van der Waals surface area contributed by atoms with Crippen molar-refractivity contribution in [2.24, 2.45) is 11.8 Å². The van der Waals surface area contributed by atoms with Gasteiger partial charge in [-0.2, -0.15) is 0 Å². The Labute approximate surface area is 134 Å². The van der Waals surface area contributed by atoms with Crippen LogP contribution >= 0.6 is 0 Å². The number of nitrogens with zero attached hydrogens (tertiary/aromatic N) is 2. The lowest BCUT2D eigenvalue weighted by molar-refractivity contribution is -0.126. The van der Waals surface area contributed by atoms with Crippen LogP contribution in [0.25, 0.3) is 0 Å². The Bertz CT molecular complexity index is 474. The van der Waals surface area contributed by atoms with E-state index in [9.17, 15) is 13.2 Å². The molecule has 0 aromatic rings. The fraction of sp³-hybridized carbons (Fsp3) is 0.933. The molecule has 0 spiro atoms. The van der Waals surface area contributed by atoms with Gasteiger partial charge in [-0.05, 0) is 44.7 Å². The van der Waals surface area contributed by atoms with E-state index in [-0.39, 0.29) is 11.8 Å². The van der Waals surface area contributed by atoms with Gasteiger partial charge in [-0.1, -0.05) is 6.92 Å². The Morgan fingerprint density at radius 2 is 1.91 bits per heavy atom. The number of carbonyl (C=O) groups excluding carboxylic acids is 1. The first-order valence-corrected chi connectivity index (χ1v) is 10.2. The predicted molar refractivity (Wildman–Crippen MR) is 87.0 cm³/mol. The Balaban J connectivity index is 1.74. The molecule has 0 radical (unpaired) electrons. The lowest BCUT2D eigenvalue weighted by atomic mass is 9.98. The van der Waals surface area contributed by atoms with Crippen LogP contribution in [0.5, 0.6) is 0 Å². The summed E-state index contributed by atoms with van der Waals surface area (Å²) in [7, 11) is -3.19. The van der Waals surface area contributed by atoms with E-state index in [0.29, 0.717) is 25.6 Å². The molecule has 1 N–H and O–H groups in total. The second kappa shape index (κ2) is 7.75. The van der Waals surface area contributed by atoms with E-state index in [4.69, 9.17) is 0 Å². The van der Waals surface area contributed by atoms with Crippen molar-refractivity contribution in [2.45, 2.75) is 32.6 Å². The normalized spacial score (nSPS) is 26.0. The van der Waals surface area contributed by atoms with Crippen LogP contribution in [0.15, 0.2) is 0 Å². The van der Waals surface area contributed by atoms with Gasteiger partial charge in [0.15, 0.2) is 0 Å². The molecule has 0 unspecified atom stereocenters. The van der Waals surface area contributed by atoms with E-state index in [2.05, 4.69) is 17.1 Å². The number of amides is 1. The number of carbonyl (C=O) groups is 1. The molecule has 0 aliphatic carbocycles. The molecule has 22 heavy (non-hydrogen) atoms. The van der Waals surface area contributed by atoms with Gasteiger partial charge in [-0.3, -0.25) is 4.79 Å². The van der Waals surface area contributed by atoms with Gasteiger partial charge >= 0.3 is 0 Å². The molecule has 2 atom stereocenters. The van der Waals surface area contributed by atoms with Gasteiger partial charge in [0.2, 0.25) is 15.9 Å². The average molecular weight is 331 g/mol. The van der Waals surface area contributed by atoms with E-state index in [0.717, 1.165) is 19.4 Å². The van der Waals surface area contributed by atoms with Crippen LogP contribution in [0, 0.1) is 11.8 Å². The summed E-state index contributed by atoms with van der Waals surface area (Å²) in [6.45, 7) is 7.06. The lowest BCUT2D eigenvalue weighted by Gasteiger charge is -2.30. The number of nitrogens with one attached hydrogen (secondary N) is 1. The molecule has 6 nitrogen and oxygen atoms in total. The quantitative estimate of drug-likeness (QED) is 0.770. The summed E-state index contributed by atoms with van der Waals surface area (Å²) in [5, 5.41) is 3.01. The van der Waals surface area contributed by atoms with Crippen LogP contribution in [-0.2, 0) is 14.8 Å². The molecule has 128 valence electrons. The summed E-state index contributed by atoms with van der Waals surface area (Å²) < 4.78 is 24.6. The molecular weight excluding hydrogens is 302 g/mol. The molecule has 0 aromatic heterocycles. The molecule has 2 saturated heterocycles. The highest BCUT2D eigenvalue weighted by Gasteiger charge is 2.30. The maximum atomic E-state index is 12.3. The van der Waals surface area contributed by atoms with Crippen molar-refractivity contribution < 1.29 is 13.2 Å². The molecule has 2 aliphatic heterocycles. The van der Waals surface area contributed by atoms with Gasteiger partial charge in [0.25, 0.3) is 0 Å². The summed E-state index contributed by atoms with van der Waals surface area (Å²) >= 11 is 0. The third kappa shape index (κ3) is 5.21. The lowest BCUT2D eigenvalue weighted by Crippen LogP contribution is -2.46. The van der Waals surface area contributed by atoms with Gasteiger partial charge in [0.05, 0.1) is 12.2 Å². The molecule has 2 fully saturated rings. The van der Waals surface area contributed by atoms with Crippen LogP contribution < -0.4 is 5.32 Å². The Morgan fingerprint density at radius 3 is 2.55 bits per heavy atom. The van der Waals surface area contributed by atoms with Crippen molar-refractivity contribution in [1.82, 2.24) is 14.5 Å². The Kier molecular flexibility index (Phi) is 6.23. The van der Waals surface area contributed by atoms with Crippen LogP contribution in [0.2, 0.25) is 0 Å². The minimum atomic E-state index is -3.19. The Hall–Kier alpha value is -0.660. The van der Waals surface area contributed by atoms with E-state index in [1.807, 2.05) is 0 Å². The number of likely N-dealkylation sites (tertiary alicyclic amines) is 1. The molecule has 1 amide bonds. The van der Waals surface area contributed by atoms with Crippen LogP contribution in [0.1, 0.15) is 32.6 Å². The fourth-order valence-electron chi connectivity index (χ4n) is 3.35. The van der Waals surface area contributed by atoms with Gasteiger partial charge < -0.3 is 10.2 Å². The number of hydrogen-bond acceptors (Lipinski definition) is 4. The largest absolute Gasteiger partial charge is 0.356 e. The zero-order valence-electron chi connectivity index (χ0n) is 13.8. The monoisotopic (exact) mass is 331 g/mol. The van der Waals surface area contributed by atoms with E-state index < -0.39 is 10.0 Å². The first-order chi connectivity index (χ1) is 10.4. The van der Waals surface area contributed by atoms with Gasteiger partial charge in [-0.25, -0.2) is 12.7 Å². The summed E-state index contributed by atoms with van der Waals surface area (Å²) in [5.74, 6) is 0.223. The molecule has 0 bridgehead atoms. The first kappa shape index (κ1) is 17.7. The SMILES string of the molecule is C[C@H](CNC(=O)[C@@H]1CCCN(S(C)(=O)=O)C1)CN1CCCC1. The maximum Gasteiger partial charge on any atom is 0.224 e. The summed E-state index contributed by atoms with van der Waals surface area (Å²) in [6.07, 6.45) is 5.31. The summed E-state index contributed by atoms with van der Waals surface area (Å²) in [6, 6.07) is 0. The standard InChI is InChI=1S/C15H29N3O3S/c1-13(11-17-7-3-4-8-17)10-16-15(19)14-6-5-9-18(12-14)22(2,20)21/h13-14H,3-12H2,1-2H3,(H,16,19)/t13-,14-/m1/s1. The van der Waals surface area contributed by atoms with Crippen molar-refractivity contribution in [3.63, 3.8) is 0 Å². The van der Waals surface area contributed by atoms with Crippen molar-refractivity contribution in [2.75, 3.05) is 45.5 Å². The van der Waals surface area contributed by atoms with Crippen LogP contribution in [0.4, 0.5) is 0 Å². The van der Waals surface area contributed by atoms with Crippen LogP contribution in [-0.4, -0.2) is 69.1 Å². The van der Waals surface area contributed by atoms with E-state index in [1.165, 1.54) is 36.5 Å². The fourth-order valence-corrected chi connectivity index (χ4v) is 4.26. The molecule has 2 rings (SSSR count). The van der Waals surface area contributed by atoms with Gasteiger partial charge in [0, 0.05) is 26.2 Å². The minimum absolute atomic E-state index is 0.00150. The minimum Gasteiger partial charge on any atom is -0.356 e. The molecular formula is C15H29N3O3S. The smallest absolute Gasteiger partial charge is 0.224 e. The van der Waals surface area contributed by atoms with E-state index in [1.54, 1.807) is 0 Å². The second-order valence-corrected chi connectivity index (χ2v) is 8.80. The van der Waals surface area contributed by atoms with Crippen molar-refractivity contribution in [3.05, 3.63) is 0 Å². The Morgan fingerprint density at radius 1 is 1.23 bits per heavy atom. The maximum absolute atomic E-state index is 12.3. The number of hydrogen-bond donors (Lipinski definition) is 1. The highest BCUT2D eigenvalue weighted by molar-refractivity contribution is 7.88. The van der Waals surface area contributed by atoms with Crippen LogP contribution in [0.3, 0.4) is 0 Å². The predicted octanol–water partition coefficient (Wildman–Crippen LogP) is 0.506. The molecule has 0 aromatic carbocycles. The van der Waals surface area contributed by atoms with E-state index >= 15 is 0 Å². The van der Waals surface area contributed by atoms with Crippen molar-refractivity contribution in [3.8, 4) is 0 Å². The highest BCUT2D eigenvalue weighted by atomic mass is 32.2. The average Bonchev–Trinajstić information content (AvgIpc) is 2.97. The third-order valence-corrected chi connectivity index (χ3v) is 5.89. The topological polar surface area (TPSA) is 69.7 Å². The third-order valence-electron chi connectivity index (χ3n) is 4.62. The molecule has 2 aliphatic rings.